The molecule has 1 aromatic carbocycles. The Balaban J connectivity index is 2.94. The maximum absolute atomic E-state index is 12.2. The number of carboxylic acid groups (broad SMARTS) is 1. The highest BCUT2D eigenvalue weighted by molar-refractivity contribution is 7.91. The molecule has 0 aliphatic heterocycles. The highest BCUT2D eigenvalue weighted by Gasteiger charge is 2.36. The summed E-state index contributed by atoms with van der Waals surface area (Å²) in [6.07, 6.45) is 1.88. The average molecular weight is 457 g/mol. The van der Waals surface area contributed by atoms with Gasteiger partial charge in [-0.3, -0.25) is 9.59 Å². The van der Waals surface area contributed by atoms with Gasteiger partial charge in [0, 0.05) is 0 Å². The fourth-order valence-corrected chi connectivity index (χ4v) is 5.61. The first-order valence-electron chi connectivity index (χ1n) is 10.5. The van der Waals surface area contributed by atoms with Crippen molar-refractivity contribution in [2.75, 3.05) is 25.2 Å². The van der Waals surface area contributed by atoms with E-state index in [-0.39, 0.29) is 23.4 Å². The first-order chi connectivity index (χ1) is 14.3. The van der Waals surface area contributed by atoms with Crippen LogP contribution in [-0.2, 0) is 36.0 Å². The van der Waals surface area contributed by atoms with Crippen LogP contribution < -0.4 is 0 Å². The molecule has 2 atom stereocenters. The van der Waals surface area contributed by atoms with Crippen LogP contribution in [0, 0.1) is 11.3 Å². The standard InChI is InChI=1S/C23H36O7S/c1-17(20(25)30-5)14-18-8-6-9-19(15-18)23(4,21(26)27)11-7-10-22(2,3)16-31(28,29)13-12-24/h6,8-9,15,17,24H,7,10-14,16H2,1-5H3,(H,26,27). The minimum atomic E-state index is -3.35. The van der Waals surface area contributed by atoms with E-state index in [9.17, 15) is 23.1 Å². The van der Waals surface area contributed by atoms with Gasteiger partial charge in [0.25, 0.3) is 0 Å². The van der Waals surface area contributed by atoms with Crippen molar-refractivity contribution in [2.45, 2.75) is 58.8 Å². The zero-order chi connectivity index (χ0) is 23.9. The second-order valence-electron chi connectivity index (χ2n) is 9.30. The molecule has 0 bridgehead atoms. The van der Waals surface area contributed by atoms with Crippen molar-refractivity contribution in [3.8, 4) is 0 Å². The topological polar surface area (TPSA) is 118 Å². The number of carbonyl (C=O) groups excluding carboxylic acids is 1. The van der Waals surface area contributed by atoms with Crippen molar-refractivity contribution in [3.63, 3.8) is 0 Å². The Hall–Kier alpha value is -1.93. The maximum atomic E-state index is 12.2. The molecule has 0 heterocycles. The molecule has 2 N–H and O–H groups in total. The van der Waals surface area contributed by atoms with Gasteiger partial charge in [-0.25, -0.2) is 8.42 Å². The van der Waals surface area contributed by atoms with Crippen LogP contribution in [0.25, 0.3) is 0 Å². The summed E-state index contributed by atoms with van der Waals surface area (Å²) in [5.41, 5.74) is -0.144. The molecule has 2 unspecified atom stereocenters. The predicted octanol–water partition coefficient (Wildman–Crippen LogP) is 2.98. The van der Waals surface area contributed by atoms with E-state index in [1.54, 1.807) is 26.0 Å². The third kappa shape index (κ3) is 8.26. The summed E-state index contributed by atoms with van der Waals surface area (Å²) in [5, 5.41) is 18.9. The first-order valence-corrected chi connectivity index (χ1v) is 12.3. The minimum Gasteiger partial charge on any atom is -0.481 e. The van der Waals surface area contributed by atoms with Gasteiger partial charge in [-0.15, -0.1) is 0 Å². The van der Waals surface area contributed by atoms with Crippen LogP contribution in [0.2, 0.25) is 0 Å². The molecule has 0 aromatic heterocycles. The smallest absolute Gasteiger partial charge is 0.313 e. The van der Waals surface area contributed by atoms with Crippen LogP contribution >= 0.6 is 0 Å². The van der Waals surface area contributed by atoms with Crippen LogP contribution in [0.5, 0.6) is 0 Å². The molecule has 0 aliphatic carbocycles. The van der Waals surface area contributed by atoms with Crippen molar-refractivity contribution in [2.24, 2.45) is 11.3 Å². The Labute approximate surface area is 185 Å². The Morgan fingerprint density at radius 2 is 1.81 bits per heavy atom. The van der Waals surface area contributed by atoms with E-state index in [4.69, 9.17) is 9.84 Å². The fraction of sp³-hybridized carbons (Fsp3) is 0.652. The van der Waals surface area contributed by atoms with Crippen molar-refractivity contribution in [3.05, 3.63) is 35.4 Å². The van der Waals surface area contributed by atoms with E-state index in [1.165, 1.54) is 7.11 Å². The van der Waals surface area contributed by atoms with E-state index in [2.05, 4.69) is 0 Å². The van der Waals surface area contributed by atoms with Gasteiger partial charge in [-0.1, -0.05) is 51.5 Å². The summed E-state index contributed by atoms with van der Waals surface area (Å²) in [6.45, 7) is 6.72. The van der Waals surface area contributed by atoms with Gasteiger partial charge in [0.1, 0.15) is 0 Å². The molecule has 0 radical (unpaired) electrons. The minimum absolute atomic E-state index is 0.0503. The second-order valence-corrected chi connectivity index (χ2v) is 11.5. The van der Waals surface area contributed by atoms with Gasteiger partial charge in [0.05, 0.1) is 36.6 Å². The Morgan fingerprint density at radius 3 is 2.35 bits per heavy atom. The number of hydrogen-bond donors (Lipinski definition) is 2. The molecule has 176 valence electrons. The van der Waals surface area contributed by atoms with Crippen LogP contribution in [0.15, 0.2) is 24.3 Å². The molecule has 0 fully saturated rings. The largest absolute Gasteiger partial charge is 0.481 e. The lowest BCUT2D eigenvalue weighted by Crippen LogP contribution is -2.33. The molecular formula is C23H36O7S. The summed E-state index contributed by atoms with van der Waals surface area (Å²) >= 11 is 0. The van der Waals surface area contributed by atoms with E-state index in [1.807, 2.05) is 26.0 Å². The molecule has 1 aromatic rings. The van der Waals surface area contributed by atoms with Crippen LogP contribution in [0.3, 0.4) is 0 Å². The van der Waals surface area contributed by atoms with E-state index in [0.717, 1.165) is 5.56 Å². The molecule has 0 aliphatic rings. The number of esters is 1. The van der Waals surface area contributed by atoms with Crippen LogP contribution in [0.1, 0.15) is 58.1 Å². The monoisotopic (exact) mass is 456 g/mol. The molecular weight excluding hydrogens is 420 g/mol. The van der Waals surface area contributed by atoms with Gasteiger partial charge in [-0.2, -0.15) is 0 Å². The number of carbonyl (C=O) groups is 2. The van der Waals surface area contributed by atoms with Crippen molar-refractivity contribution >= 4 is 21.8 Å². The van der Waals surface area contributed by atoms with Gasteiger partial charge >= 0.3 is 11.9 Å². The van der Waals surface area contributed by atoms with Gasteiger partial charge in [0.15, 0.2) is 9.84 Å². The third-order valence-corrected chi connectivity index (χ3v) is 7.75. The Bertz CT molecular complexity index is 860. The number of sulfone groups is 1. The lowest BCUT2D eigenvalue weighted by molar-refractivity contribution is -0.145. The SMILES string of the molecule is COC(=O)C(C)Cc1cccc(C(C)(CCCC(C)(C)CS(=O)(=O)CCO)C(=O)O)c1. The molecule has 0 spiro atoms. The molecule has 31 heavy (non-hydrogen) atoms. The van der Waals surface area contributed by atoms with Crippen molar-refractivity contribution in [1.82, 2.24) is 0 Å². The summed E-state index contributed by atoms with van der Waals surface area (Å²) in [4.78, 5) is 23.9. The molecule has 1 rings (SSSR count). The van der Waals surface area contributed by atoms with E-state index < -0.39 is 33.2 Å². The number of aliphatic hydroxyl groups is 1. The quantitative estimate of drug-likeness (QED) is 0.438. The lowest BCUT2D eigenvalue weighted by Gasteiger charge is -2.29. The van der Waals surface area contributed by atoms with E-state index in [0.29, 0.717) is 31.2 Å². The number of aliphatic hydroxyl groups excluding tert-OH is 1. The number of methoxy groups -OCH3 is 1. The van der Waals surface area contributed by atoms with Crippen molar-refractivity contribution < 1.29 is 33.0 Å². The molecule has 0 saturated heterocycles. The summed E-state index contributed by atoms with van der Waals surface area (Å²) < 4.78 is 28.9. The Kier molecular flexibility index (Phi) is 9.69. The zero-order valence-corrected chi connectivity index (χ0v) is 20.0. The zero-order valence-electron chi connectivity index (χ0n) is 19.2. The summed E-state index contributed by atoms with van der Waals surface area (Å²) in [7, 11) is -2.01. The Morgan fingerprint density at radius 1 is 1.16 bits per heavy atom. The molecule has 0 amide bonds. The number of aliphatic carboxylic acids is 1. The average Bonchev–Trinajstić information content (AvgIpc) is 2.65. The number of rotatable bonds is 13. The number of hydrogen-bond acceptors (Lipinski definition) is 6. The molecule has 7 nitrogen and oxygen atoms in total. The lowest BCUT2D eigenvalue weighted by atomic mass is 9.75. The van der Waals surface area contributed by atoms with Crippen LogP contribution in [-0.4, -0.2) is 55.8 Å². The number of benzene rings is 1. The predicted molar refractivity (Wildman–Crippen MR) is 120 cm³/mol. The summed E-state index contributed by atoms with van der Waals surface area (Å²) in [6, 6.07) is 7.25. The highest BCUT2D eigenvalue weighted by atomic mass is 32.2. The van der Waals surface area contributed by atoms with Gasteiger partial charge < -0.3 is 14.9 Å². The first kappa shape index (κ1) is 27.1. The normalized spacial score (nSPS) is 15.2. The van der Waals surface area contributed by atoms with Gasteiger partial charge in [0.2, 0.25) is 0 Å². The number of carboxylic acids is 1. The molecule has 8 heteroatoms. The molecule has 0 saturated carbocycles. The van der Waals surface area contributed by atoms with Gasteiger partial charge in [-0.05, 0) is 42.7 Å². The van der Waals surface area contributed by atoms with Crippen molar-refractivity contribution in [1.29, 1.82) is 0 Å². The summed E-state index contributed by atoms with van der Waals surface area (Å²) in [5.74, 6) is -1.91. The van der Waals surface area contributed by atoms with Crippen LogP contribution in [0.4, 0.5) is 0 Å². The maximum Gasteiger partial charge on any atom is 0.313 e. The number of ether oxygens (including phenoxy) is 1. The third-order valence-electron chi connectivity index (χ3n) is 5.72. The fourth-order valence-electron chi connectivity index (χ4n) is 3.85. The second kappa shape index (κ2) is 11.1. The highest BCUT2D eigenvalue weighted by Crippen LogP contribution is 2.34. The van der Waals surface area contributed by atoms with E-state index >= 15 is 0 Å².